The van der Waals surface area contributed by atoms with Crippen molar-refractivity contribution in [2.75, 3.05) is 5.75 Å². The molecule has 2 nitrogen and oxygen atoms in total. The lowest BCUT2D eigenvalue weighted by Gasteiger charge is -2.07. The van der Waals surface area contributed by atoms with Gasteiger partial charge in [0, 0.05) is 12.7 Å². The van der Waals surface area contributed by atoms with E-state index in [1.807, 2.05) is 11.7 Å². The maximum absolute atomic E-state index is 4.39. The molecule has 1 aromatic rings. The maximum Gasteiger partial charge on any atom is 0.0628 e. The van der Waals surface area contributed by atoms with E-state index >= 15 is 0 Å². The minimum Gasteiger partial charge on any atom is -0.272 e. The zero-order chi connectivity index (χ0) is 10.0. The van der Waals surface area contributed by atoms with E-state index in [0.29, 0.717) is 5.92 Å². The van der Waals surface area contributed by atoms with E-state index in [0.717, 1.165) is 17.9 Å². The fourth-order valence-electron chi connectivity index (χ4n) is 1.53. The van der Waals surface area contributed by atoms with Crippen molar-refractivity contribution in [2.45, 2.75) is 27.2 Å². The van der Waals surface area contributed by atoms with Gasteiger partial charge in [0.05, 0.1) is 5.69 Å². The summed E-state index contributed by atoms with van der Waals surface area (Å²) in [5, 5.41) is 4.39. The number of nitrogens with zero attached hydrogens (tertiary/aromatic N) is 2. The SMILES string of the molecule is Cc1nn(C)c(C)c1CC(C)CS. The Bertz CT molecular complexity index is 291. The molecule has 3 heteroatoms. The predicted molar refractivity (Wildman–Crippen MR) is 59.4 cm³/mol. The van der Waals surface area contributed by atoms with E-state index < -0.39 is 0 Å². The first-order valence-electron chi connectivity index (χ1n) is 4.66. The van der Waals surface area contributed by atoms with E-state index in [9.17, 15) is 0 Å². The van der Waals surface area contributed by atoms with Crippen LogP contribution in [-0.4, -0.2) is 15.5 Å². The first-order valence-corrected chi connectivity index (χ1v) is 5.29. The van der Waals surface area contributed by atoms with Crippen LogP contribution in [0.2, 0.25) is 0 Å². The average molecular weight is 198 g/mol. The Morgan fingerprint density at radius 1 is 1.46 bits per heavy atom. The number of thiol groups is 1. The lowest BCUT2D eigenvalue weighted by molar-refractivity contribution is 0.653. The van der Waals surface area contributed by atoms with Crippen molar-refractivity contribution in [3.63, 3.8) is 0 Å². The molecule has 0 aliphatic rings. The molecule has 1 aromatic heterocycles. The van der Waals surface area contributed by atoms with Gasteiger partial charge in [0.25, 0.3) is 0 Å². The second kappa shape index (κ2) is 4.18. The first-order chi connectivity index (χ1) is 6.06. The quantitative estimate of drug-likeness (QED) is 0.737. The summed E-state index contributed by atoms with van der Waals surface area (Å²) in [7, 11) is 2.00. The number of hydrogen-bond acceptors (Lipinski definition) is 2. The summed E-state index contributed by atoms with van der Waals surface area (Å²) < 4.78 is 1.95. The third kappa shape index (κ3) is 2.27. The average Bonchev–Trinajstić information content (AvgIpc) is 2.32. The van der Waals surface area contributed by atoms with Gasteiger partial charge in [0.15, 0.2) is 0 Å². The van der Waals surface area contributed by atoms with E-state index in [4.69, 9.17) is 0 Å². The lowest BCUT2D eigenvalue weighted by Crippen LogP contribution is -2.03. The molecule has 0 saturated heterocycles. The molecule has 0 aliphatic heterocycles. The summed E-state index contributed by atoms with van der Waals surface area (Å²) in [6.07, 6.45) is 1.09. The third-order valence-electron chi connectivity index (χ3n) is 2.52. The summed E-state index contributed by atoms with van der Waals surface area (Å²) in [5.74, 6) is 1.57. The fourth-order valence-corrected chi connectivity index (χ4v) is 1.65. The van der Waals surface area contributed by atoms with Gasteiger partial charge in [0.2, 0.25) is 0 Å². The molecule has 1 unspecified atom stereocenters. The molecule has 74 valence electrons. The van der Waals surface area contributed by atoms with E-state index in [1.165, 1.54) is 11.3 Å². The van der Waals surface area contributed by atoms with Crippen LogP contribution in [0.4, 0.5) is 0 Å². The summed E-state index contributed by atoms with van der Waals surface area (Å²) >= 11 is 4.29. The predicted octanol–water partition coefficient (Wildman–Crippen LogP) is 2.15. The molecule has 1 atom stereocenters. The minimum absolute atomic E-state index is 0.630. The summed E-state index contributed by atoms with van der Waals surface area (Å²) in [4.78, 5) is 0. The van der Waals surface area contributed by atoms with Gasteiger partial charge in [-0.2, -0.15) is 17.7 Å². The van der Waals surface area contributed by atoms with Gasteiger partial charge in [-0.05, 0) is 37.5 Å². The molecule has 0 radical (unpaired) electrons. The Balaban J connectivity index is 2.87. The molecule has 0 N–H and O–H groups in total. The third-order valence-corrected chi connectivity index (χ3v) is 3.15. The Labute approximate surface area is 85.7 Å². The second-order valence-corrected chi connectivity index (χ2v) is 4.13. The van der Waals surface area contributed by atoms with Gasteiger partial charge in [-0.25, -0.2) is 0 Å². The van der Waals surface area contributed by atoms with E-state index in [1.54, 1.807) is 0 Å². The number of aromatic nitrogens is 2. The normalized spacial score (nSPS) is 13.3. The van der Waals surface area contributed by atoms with E-state index in [2.05, 4.69) is 38.5 Å². The van der Waals surface area contributed by atoms with Crippen molar-refractivity contribution in [3.8, 4) is 0 Å². The van der Waals surface area contributed by atoms with Crippen LogP contribution >= 0.6 is 12.6 Å². The van der Waals surface area contributed by atoms with Gasteiger partial charge in [-0.3, -0.25) is 4.68 Å². The highest BCUT2D eigenvalue weighted by Crippen LogP contribution is 2.17. The molecular weight excluding hydrogens is 180 g/mol. The molecule has 0 amide bonds. The lowest BCUT2D eigenvalue weighted by atomic mass is 10.0. The van der Waals surface area contributed by atoms with Crippen LogP contribution in [0.5, 0.6) is 0 Å². The minimum atomic E-state index is 0.630. The molecule has 13 heavy (non-hydrogen) atoms. The standard InChI is InChI=1S/C10H18N2S/c1-7(6-13)5-10-8(2)11-12(4)9(10)3/h7,13H,5-6H2,1-4H3. The molecule has 0 saturated carbocycles. The molecule has 0 fully saturated rings. The first kappa shape index (κ1) is 10.6. The van der Waals surface area contributed by atoms with Crippen LogP contribution in [0.1, 0.15) is 23.9 Å². The Kier molecular flexibility index (Phi) is 3.42. The highest BCUT2D eigenvalue weighted by Gasteiger charge is 2.11. The topological polar surface area (TPSA) is 17.8 Å². The Hall–Kier alpha value is -0.440. The zero-order valence-electron chi connectivity index (χ0n) is 8.83. The van der Waals surface area contributed by atoms with Crippen LogP contribution in [0.3, 0.4) is 0 Å². The van der Waals surface area contributed by atoms with Crippen LogP contribution < -0.4 is 0 Å². The molecule has 1 rings (SSSR count). The largest absolute Gasteiger partial charge is 0.272 e. The smallest absolute Gasteiger partial charge is 0.0628 e. The van der Waals surface area contributed by atoms with Gasteiger partial charge in [-0.1, -0.05) is 6.92 Å². The van der Waals surface area contributed by atoms with Gasteiger partial charge < -0.3 is 0 Å². The highest BCUT2D eigenvalue weighted by atomic mass is 32.1. The van der Waals surface area contributed by atoms with Crippen LogP contribution in [0.15, 0.2) is 0 Å². The van der Waals surface area contributed by atoms with Gasteiger partial charge in [-0.15, -0.1) is 0 Å². The molecule has 0 aliphatic carbocycles. The zero-order valence-corrected chi connectivity index (χ0v) is 9.73. The Morgan fingerprint density at radius 2 is 2.08 bits per heavy atom. The van der Waals surface area contributed by atoms with Crippen LogP contribution in [-0.2, 0) is 13.5 Å². The van der Waals surface area contributed by atoms with Gasteiger partial charge in [0.1, 0.15) is 0 Å². The highest BCUT2D eigenvalue weighted by molar-refractivity contribution is 7.80. The molecule has 1 heterocycles. The Morgan fingerprint density at radius 3 is 2.46 bits per heavy atom. The number of aryl methyl sites for hydroxylation is 2. The number of hydrogen-bond donors (Lipinski definition) is 1. The van der Waals surface area contributed by atoms with Crippen LogP contribution in [0, 0.1) is 19.8 Å². The second-order valence-electron chi connectivity index (χ2n) is 3.76. The van der Waals surface area contributed by atoms with Crippen molar-refractivity contribution >= 4 is 12.6 Å². The summed E-state index contributed by atoms with van der Waals surface area (Å²) in [6, 6.07) is 0. The summed E-state index contributed by atoms with van der Waals surface area (Å²) in [5.41, 5.74) is 3.84. The molecule has 0 bridgehead atoms. The monoisotopic (exact) mass is 198 g/mol. The van der Waals surface area contributed by atoms with Crippen LogP contribution in [0.25, 0.3) is 0 Å². The summed E-state index contributed by atoms with van der Waals surface area (Å²) in [6.45, 7) is 6.42. The van der Waals surface area contributed by atoms with Crippen molar-refractivity contribution in [1.82, 2.24) is 9.78 Å². The molecule has 0 spiro atoms. The molecule has 0 aromatic carbocycles. The fraction of sp³-hybridized carbons (Fsp3) is 0.700. The van der Waals surface area contributed by atoms with Crippen molar-refractivity contribution in [3.05, 3.63) is 17.0 Å². The van der Waals surface area contributed by atoms with Crippen molar-refractivity contribution in [1.29, 1.82) is 0 Å². The molecular formula is C10H18N2S. The van der Waals surface area contributed by atoms with Gasteiger partial charge >= 0.3 is 0 Å². The van der Waals surface area contributed by atoms with Crippen molar-refractivity contribution in [2.24, 2.45) is 13.0 Å². The number of rotatable bonds is 3. The van der Waals surface area contributed by atoms with E-state index in [-0.39, 0.29) is 0 Å². The maximum atomic E-state index is 4.39. The van der Waals surface area contributed by atoms with Crippen molar-refractivity contribution < 1.29 is 0 Å².